The molecule has 0 atom stereocenters. The fourth-order valence-electron chi connectivity index (χ4n) is 1.60. The van der Waals surface area contributed by atoms with E-state index in [2.05, 4.69) is 31.4 Å². The highest BCUT2D eigenvalue weighted by Crippen LogP contribution is 2.19. The van der Waals surface area contributed by atoms with Crippen LogP contribution in [-0.2, 0) is 4.79 Å². The molecule has 1 N–H and O–H groups in total. The van der Waals surface area contributed by atoms with Crippen LogP contribution in [-0.4, -0.2) is 21.4 Å². The summed E-state index contributed by atoms with van der Waals surface area (Å²) in [5.41, 5.74) is 1.60. The Hall–Kier alpha value is -1.69. The van der Waals surface area contributed by atoms with Gasteiger partial charge in [-0.25, -0.2) is 0 Å². The van der Waals surface area contributed by atoms with Crippen molar-refractivity contribution in [3.8, 4) is 11.5 Å². The molecule has 0 saturated heterocycles. The minimum atomic E-state index is 0.0338. The fourth-order valence-corrected chi connectivity index (χ4v) is 2.00. The molecule has 1 aromatic heterocycles. The Kier molecular flexibility index (Phi) is 5.09. The number of carbonyl (C=O) groups excluding carboxylic acids is 1. The van der Waals surface area contributed by atoms with Crippen molar-refractivity contribution < 1.29 is 9.21 Å². The summed E-state index contributed by atoms with van der Waals surface area (Å²) in [6.45, 7) is 0. The Morgan fingerprint density at radius 1 is 1.26 bits per heavy atom. The number of nitrogens with zero attached hydrogens (tertiary/aromatic N) is 2. The van der Waals surface area contributed by atoms with E-state index >= 15 is 0 Å². The van der Waals surface area contributed by atoms with E-state index in [9.17, 15) is 4.79 Å². The number of alkyl halides is 1. The zero-order chi connectivity index (χ0) is 13.5. The van der Waals surface area contributed by atoms with E-state index in [1.807, 2.05) is 24.3 Å². The Balaban J connectivity index is 1.90. The van der Waals surface area contributed by atoms with Crippen molar-refractivity contribution in [2.24, 2.45) is 0 Å². The van der Waals surface area contributed by atoms with Crippen LogP contribution in [0.15, 0.2) is 35.1 Å². The van der Waals surface area contributed by atoms with Crippen LogP contribution in [0.5, 0.6) is 0 Å². The molecule has 0 saturated carbocycles. The Labute approximate surface area is 119 Å². The highest BCUT2D eigenvalue weighted by atomic mass is 79.9. The number of unbranched alkanes of at least 4 members (excludes halogenated alkanes) is 1. The molecule has 6 heteroatoms. The molecule has 5 nitrogen and oxygen atoms in total. The lowest BCUT2D eigenvalue weighted by molar-refractivity contribution is -0.116. The van der Waals surface area contributed by atoms with Gasteiger partial charge >= 0.3 is 0 Å². The summed E-state index contributed by atoms with van der Waals surface area (Å²) in [6.07, 6.45) is 3.71. The maximum absolute atomic E-state index is 11.6. The highest BCUT2D eigenvalue weighted by molar-refractivity contribution is 9.09. The molecule has 0 aliphatic heterocycles. The molecule has 19 heavy (non-hydrogen) atoms. The first-order valence-corrected chi connectivity index (χ1v) is 7.14. The molecule has 1 amide bonds. The van der Waals surface area contributed by atoms with Crippen LogP contribution in [0.1, 0.15) is 19.3 Å². The maximum atomic E-state index is 11.6. The van der Waals surface area contributed by atoms with Gasteiger partial charge in [-0.2, -0.15) is 0 Å². The van der Waals surface area contributed by atoms with Gasteiger partial charge in [0.15, 0.2) is 0 Å². The lowest BCUT2D eigenvalue weighted by atomic mass is 10.2. The van der Waals surface area contributed by atoms with Crippen LogP contribution in [0.4, 0.5) is 5.69 Å². The fraction of sp³-hybridized carbons (Fsp3) is 0.308. The molecule has 2 rings (SSSR count). The summed E-state index contributed by atoms with van der Waals surface area (Å²) >= 11 is 3.34. The van der Waals surface area contributed by atoms with Crippen molar-refractivity contribution in [3.63, 3.8) is 0 Å². The van der Waals surface area contributed by atoms with E-state index in [1.165, 1.54) is 6.39 Å². The molecule has 2 aromatic rings. The molecule has 1 aromatic carbocycles. The molecule has 0 aliphatic carbocycles. The third-order valence-corrected chi connectivity index (χ3v) is 3.12. The number of hydrogen-bond acceptors (Lipinski definition) is 4. The highest BCUT2D eigenvalue weighted by Gasteiger charge is 2.05. The predicted molar refractivity (Wildman–Crippen MR) is 76.0 cm³/mol. The average molecular weight is 324 g/mol. The van der Waals surface area contributed by atoms with Gasteiger partial charge in [-0.3, -0.25) is 4.79 Å². The molecule has 0 spiro atoms. The van der Waals surface area contributed by atoms with Crippen molar-refractivity contribution in [2.75, 3.05) is 10.6 Å². The van der Waals surface area contributed by atoms with Crippen LogP contribution in [0, 0.1) is 0 Å². The SMILES string of the molecule is O=C(CCCCBr)Nc1ccc(-c2nnco2)cc1. The van der Waals surface area contributed by atoms with Gasteiger partial charge in [-0.15, -0.1) is 10.2 Å². The van der Waals surface area contributed by atoms with Gasteiger partial charge in [0.2, 0.25) is 18.2 Å². The Bertz CT molecular complexity index is 511. The molecule has 0 fully saturated rings. The van der Waals surface area contributed by atoms with Crippen molar-refractivity contribution >= 4 is 27.5 Å². The summed E-state index contributed by atoms with van der Waals surface area (Å²) < 4.78 is 5.09. The quantitative estimate of drug-likeness (QED) is 0.654. The summed E-state index contributed by atoms with van der Waals surface area (Å²) in [5.74, 6) is 0.502. The zero-order valence-corrected chi connectivity index (χ0v) is 11.9. The van der Waals surface area contributed by atoms with Crippen LogP contribution < -0.4 is 5.32 Å². The van der Waals surface area contributed by atoms with Gasteiger partial charge in [0.1, 0.15) is 0 Å². The van der Waals surface area contributed by atoms with E-state index in [0.29, 0.717) is 12.3 Å². The van der Waals surface area contributed by atoms with Gasteiger partial charge in [0.25, 0.3) is 0 Å². The van der Waals surface area contributed by atoms with Gasteiger partial charge in [0.05, 0.1) is 0 Å². The lowest BCUT2D eigenvalue weighted by Crippen LogP contribution is -2.10. The van der Waals surface area contributed by atoms with Gasteiger partial charge < -0.3 is 9.73 Å². The largest absolute Gasteiger partial charge is 0.423 e. The summed E-state index contributed by atoms with van der Waals surface area (Å²) in [7, 11) is 0. The van der Waals surface area contributed by atoms with Crippen molar-refractivity contribution in [1.29, 1.82) is 0 Å². The number of anilines is 1. The third kappa shape index (κ3) is 4.17. The number of benzene rings is 1. The lowest BCUT2D eigenvalue weighted by Gasteiger charge is -2.05. The number of hydrogen-bond donors (Lipinski definition) is 1. The van der Waals surface area contributed by atoms with Crippen molar-refractivity contribution in [2.45, 2.75) is 19.3 Å². The second kappa shape index (κ2) is 7.04. The van der Waals surface area contributed by atoms with Crippen LogP contribution in [0.25, 0.3) is 11.5 Å². The number of halogens is 1. The number of rotatable bonds is 6. The number of nitrogens with one attached hydrogen (secondary N) is 1. The normalized spacial score (nSPS) is 10.4. The van der Waals surface area contributed by atoms with E-state index in [-0.39, 0.29) is 5.91 Å². The van der Waals surface area contributed by atoms with E-state index < -0.39 is 0 Å². The van der Waals surface area contributed by atoms with Crippen LogP contribution >= 0.6 is 15.9 Å². The molecule has 100 valence electrons. The molecular formula is C13H14BrN3O2. The van der Waals surface area contributed by atoms with Gasteiger partial charge in [0, 0.05) is 23.0 Å². The second-order valence-corrected chi connectivity index (χ2v) is 4.81. The monoisotopic (exact) mass is 323 g/mol. The molecule has 0 bridgehead atoms. The molecule has 0 radical (unpaired) electrons. The van der Waals surface area contributed by atoms with E-state index in [1.54, 1.807) is 0 Å². The minimum Gasteiger partial charge on any atom is -0.423 e. The van der Waals surface area contributed by atoms with Crippen molar-refractivity contribution in [1.82, 2.24) is 10.2 Å². The van der Waals surface area contributed by atoms with E-state index in [4.69, 9.17) is 4.42 Å². The summed E-state index contributed by atoms with van der Waals surface area (Å²) in [6, 6.07) is 7.31. The molecule has 0 aliphatic rings. The molecule has 0 unspecified atom stereocenters. The van der Waals surface area contributed by atoms with Gasteiger partial charge in [-0.05, 0) is 37.1 Å². The topological polar surface area (TPSA) is 68.0 Å². The second-order valence-electron chi connectivity index (χ2n) is 4.02. The molecule has 1 heterocycles. The Morgan fingerprint density at radius 2 is 2.05 bits per heavy atom. The van der Waals surface area contributed by atoms with Crippen molar-refractivity contribution in [3.05, 3.63) is 30.7 Å². The zero-order valence-electron chi connectivity index (χ0n) is 10.3. The standard InChI is InChI=1S/C13H14BrN3O2/c14-8-2-1-3-12(18)16-11-6-4-10(5-7-11)13-17-15-9-19-13/h4-7,9H,1-3,8H2,(H,16,18). The van der Waals surface area contributed by atoms with Gasteiger partial charge in [-0.1, -0.05) is 15.9 Å². The summed E-state index contributed by atoms with van der Waals surface area (Å²) in [4.78, 5) is 11.6. The average Bonchev–Trinajstić information content (AvgIpc) is 2.94. The first kappa shape index (κ1) is 13.7. The maximum Gasteiger partial charge on any atom is 0.247 e. The first-order valence-electron chi connectivity index (χ1n) is 6.02. The number of amides is 1. The number of carbonyl (C=O) groups is 1. The Morgan fingerprint density at radius 3 is 2.68 bits per heavy atom. The van der Waals surface area contributed by atoms with Crippen LogP contribution in [0.3, 0.4) is 0 Å². The minimum absolute atomic E-state index is 0.0338. The smallest absolute Gasteiger partial charge is 0.247 e. The van der Waals surface area contributed by atoms with E-state index in [0.717, 1.165) is 29.4 Å². The number of aromatic nitrogens is 2. The predicted octanol–water partition coefficient (Wildman–Crippen LogP) is 3.24. The summed E-state index contributed by atoms with van der Waals surface area (Å²) in [5, 5.41) is 11.2. The third-order valence-electron chi connectivity index (χ3n) is 2.56. The molecular weight excluding hydrogens is 310 g/mol. The van der Waals surface area contributed by atoms with Crippen LogP contribution in [0.2, 0.25) is 0 Å². The first-order chi connectivity index (χ1) is 9.29.